The molecule has 5 nitrogen and oxygen atoms in total. The van der Waals surface area contributed by atoms with Gasteiger partial charge in [0.05, 0.1) is 11.3 Å². The number of halogens is 1. The second-order valence-corrected chi connectivity index (χ2v) is 4.66. The fourth-order valence-corrected chi connectivity index (χ4v) is 1.70. The number of nitrogens with two attached hydrogens (primary N) is 1. The molecule has 0 radical (unpaired) electrons. The van der Waals surface area contributed by atoms with E-state index in [0.29, 0.717) is 4.47 Å². The van der Waals surface area contributed by atoms with E-state index in [1.807, 2.05) is 10.8 Å². The van der Waals surface area contributed by atoms with Crippen LogP contribution in [-0.2, 0) is 10.2 Å². The summed E-state index contributed by atoms with van der Waals surface area (Å²) in [6, 6.07) is 6.40. The zero-order valence-corrected chi connectivity index (χ0v) is 9.26. The Labute approximate surface area is 89.8 Å². The van der Waals surface area contributed by atoms with Crippen molar-refractivity contribution in [2.45, 2.75) is 0 Å². The molecule has 0 spiro atoms. The predicted molar refractivity (Wildman–Crippen MR) is 55.6 cm³/mol. The van der Waals surface area contributed by atoms with Crippen LogP contribution in [0.4, 0.5) is 5.69 Å². The highest BCUT2D eigenvalue weighted by atomic mass is 79.9. The fourth-order valence-electron chi connectivity index (χ4n) is 0.851. The number of benzene rings is 1. The molecule has 0 saturated carbocycles. The molecule has 14 heavy (non-hydrogen) atoms. The highest BCUT2D eigenvalue weighted by molar-refractivity contribution is 9.10. The Morgan fingerprint density at radius 2 is 2.14 bits per heavy atom. The molecule has 7 heteroatoms. The van der Waals surface area contributed by atoms with E-state index in [4.69, 9.17) is 10.4 Å². The van der Waals surface area contributed by atoms with Crippen molar-refractivity contribution >= 4 is 31.8 Å². The van der Waals surface area contributed by atoms with Crippen LogP contribution in [0.3, 0.4) is 0 Å². The first kappa shape index (κ1) is 11.0. The van der Waals surface area contributed by atoms with Gasteiger partial charge >= 0.3 is 0 Å². The lowest BCUT2D eigenvalue weighted by Crippen LogP contribution is -2.22. The van der Waals surface area contributed by atoms with Gasteiger partial charge in [0.15, 0.2) is 0 Å². The molecule has 1 aromatic carbocycles. The zero-order chi connectivity index (χ0) is 10.8. The lowest BCUT2D eigenvalue weighted by molar-refractivity contribution is 0.603. The van der Waals surface area contributed by atoms with E-state index < -0.39 is 10.2 Å². The summed E-state index contributed by atoms with van der Waals surface area (Å²) < 4.78 is 24.1. The third kappa shape index (κ3) is 2.99. The zero-order valence-electron chi connectivity index (χ0n) is 6.86. The molecule has 0 aliphatic rings. The normalized spacial score (nSPS) is 10.6. The molecule has 0 aromatic heterocycles. The number of hydrogen-bond donors (Lipinski definition) is 2. The van der Waals surface area contributed by atoms with Crippen molar-refractivity contribution in [1.82, 2.24) is 0 Å². The summed E-state index contributed by atoms with van der Waals surface area (Å²) in [6.45, 7) is 0. The average Bonchev–Trinajstić information content (AvgIpc) is 2.06. The number of nitriles is 1. The first-order chi connectivity index (χ1) is 6.42. The van der Waals surface area contributed by atoms with Crippen LogP contribution in [0.15, 0.2) is 22.7 Å². The minimum atomic E-state index is -3.84. The highest BCUT2D eigenvalue weighted by Crippen LogP contribution is 2.20. The summed E-state index contributed by atoms with van der Waals surface area (Å²) in [5.41, 5.74) is 0.367. The van der Waals surface area contributed by atoms with Crippen molar-refractivity contribution in [2.24, 2.45) is 5.14 Å². The summed E-state index contributed by atoms with van der Waals surface area (Å²) in [4.78, 5) is 0. The molecule has 0 bridgehead atoms. The topological polar surface area (TPSA) is 96.0 Å². The van der Waals surface area contributed by atoms with Crippen LogP contribution >= 0.6 is 15.9 Å². The van der Waals surface area contributed by atoms with Gasteiger partial charge in [-0.05, 0) is 18.2 Å². The molecule has 0 amide bonds. The Balaban J connectivity index is 3.17. The van der Waals surface area contributed by atoms with E-state index in [1.165, 1.54) is 12.1 Å². The van der Waals surface area contributed by atoms with Gasteiger partial charge in [-0.15, -0.1) is 0 Å². The molecule has 1 aromatic rings. The summed E-state index contributed by atoms with van der Waals surface area (Å²) in [6.07, 6.45) is 0. The van der Waals surface area contributed by atoms with E-state index in [-0.39, 0.29) is 11.3 Å². The van der Waals surface area contributed by atoms with Crippen molar-refractivity contribution in [3.63, 3.8) is 0 Å². The predicted octanol–water partition coefficient (Wildman–Crippen LogP) is 0.936. The van der Waals surface area contributed by atoms with Gasteiger partial charge in [0.2, 0.25) is 0 Å². The van der Waals surface area contributed by atoms with Crippen molar-refractivity contribution in [3.8, 4) is 6.07 Å². The molecule has 1 rings (SSSR count). The first-order valence-electron chi connectivity index (χ1n) is 3.42. The molecular weight excluding hydrogens is 270 g/mol. The summed E-state index contributed by atoms with van der Waals surface area (Å²) in [7, 11) is -3.84. The van der Waals surface area contributed by atoms with Crippen molar-refractivity contribution in [2.75, 3.05) is 4.72 Å². The Hall–Kier alpha value is -1.10. The van der Waals surface area contributed by atoms with Crippen molar-refractivity contribution in [3.05, 3.63) is 28.2 Å². The summed E-state index contributed by atoms with van der Waals surface area (Å²) in [5.74, 6) is 0. The number of rotatable bonds is 2. The fraction of sp³-hybridized carbons (Fsp3) is 0. The van der Waals surface area contributed by atoms with Crippen LogP contribution in [0.2, 0.25) is 0 Å². The van der Waals surface area contributed by atoms with E-state index in [1.54, 1.807) is 6.07 Å². The van der Waals surface area contributed by atoms with Crippen molar-refractivity contribution in [1.29, 1.82) is 5.26 Å². The molecule has 0 atom stereocenters. The molecule has 0 fully saturated rings. The third-order valence-corrected chi connectivity index (χ3v) is 2.35. The third-order valence-electron chi connectivity index (χ3n) is 1.35. The molecule has 0 aliphatic heterocycles. The number of nitrogens with one attached hydrogen (secondary N) is 1. The molecule has 0 unspecified atom stereocenters. The molecule has 0 saturated heterocycles. The molecular formula is C7H6BrN3O2S. The maximum atomic E-state index is 10.7. The quantitative estimate of drug-likeness (QED) is 0.841. The van der Waals surface area contributed by atoms with Crippen molar-refractivity contribution < 1.29 is 8.42 Å². The van der Waals surface area contributed by atoms with Gasteiger partial charge in [-0.3, -0.25) is 4.72 Å². The molecule has 0 heterocycles. The summed E-state index contributed by atoms with van der Waals surface area (Å²) >= 11 is 3.16. The van der Waals surface area contributed by atoms with Gasteiger partial charge in [-0.25, -0.2) is 5.14 Å². The Kier molecular flexibility index (Phi) is 3.10. The molecule has 0 aliphatic carbocycles. The monoisotopic (exact) mass is 275 g/mol. The van der Waals surface area contributed by atoms with E-state index in [9.17, 15) is 8.42 Å². The Morgan fingerprint density at radius 1 is 1.50 bits per heavy atom. The number of hydrogen-bond acceptors (Lipinski definition) is 3. The molecule has 3 N–H and O–H groups in total. The van der Waals surface area contributed by atoms with Crippen LogP contribution in [-0.4, -0.2) is 8.42 Å². The first-order valence-corrected chi connectivity index (χ1v) is 5.76. The van der Waals surface area contributed by atoms with Gasteiger partial charge in [0.25, 0.3) is 10.2 Å². The molecule has 74 valence electrons. The second kappa shape index (κ2) is 3.96. The lowest BCUT2D eigenvalue weighted by Gasteiger charge is -2.05. The largest absolute Gasteiger partial charge is 0.296 e. The van der Waals surface area contributed by atoms with Crippen LogP contribution in [0, 0.1) is 11.3 Å². The Morgan fingerprint density at radius 3 is 2.64 bits per heavy atom. The highest BCUT2D eigenvalue weighted by Gasteiger charge is 2.07. The maximum absolute atomic E-state index is 10.7. The lowest BCUT2D eigenvalue weighted by atomic mass is 10.2. The van der Waals surface area contributed by atoms with Gasteiger partial charge in [0.1, 0.15) is 6.07 Å². The average molecular weight is 276 g/mol. The van der Waals surface area contributed by atoms with E-state index >= 15 is 0 Å². The smallest absolute Gasteiger partial charge is 0.270 e. The second-order valence-electron chi connectivity index (χ2n) is 2.45. The van der Waals surface area contributed by atoms with Gasteiger partial charge in [-0.2, -0.15) is 13.7 Å². The minimum absolute atomic E-state index is 0.165. The number of anilines is 1. The summed E-state index contributed by atoms with van der Waals surface area (Å²) in [5, 5.41) is 13.5. The Bertz CT molecular complexity index is 492. The van der Waals surface area contributed by atoms with Crippen LogP contribution < -0.4 is 9.86 Å². The van der Waals surface area contributed by atoms with E-state index in [2.05, 4.69) is 15.9 Å². The van der Waals surface area contributed by atoms with Crippen LogP contribution in [0.1, 0.15) is 5.56 Å². The SMILES string of the molecule is N#Cc1cc(Br)ccc1NS(N)(=O)=O. The van der Waals surface area contributed by atoms with Gasteiger partial charge in [-0.1, -0.05) is 15.9 Å². The standard InChI is InChI=1S/C7H6BrN3O2S/c8-6-1-2-7(5(3-6)4-9)11-14(10,12)13/h1-3,11H,(H2,10,12,13). The van der Waals surface area contributed by atoms with Crippen LogP contribution in [0.5, 0.6) is 0 Å². The number of nitrogens with zero attached hydrogens (tertiary/aromatic N) is 1. The van der Waals surface area contributed by atoms with Gasteiger partial charge in [0, 0.05) is 4.47 Å². The van der Waals surface area contributed by atoms with Gasteiger partial charge < -0.3 is 0 Å². The van der Waals surface area contributed by atoms with Crippen LogP contribution in [0.25, 0.3) is 0 Å². The maximum Gasteiger partial charge on any atom is 0.296 e. The minimum Gasteiger partial charge on any atom is -0.270 e. The van der Waals surface area contributed by atoms with E-state index in [0.717, 1.165) is 0 Å².